The normalized spacial score (nSPS) is 15.7. The van der Waals surface area contributed by atoms with E-state index in [0.717, 1.165) is 44.2 Å². The van der Waals surface area contributed by atoms with E-state index < -0.39 is 0 Å². The lowest BCUT2D eigenvalue weighted by Gasteiger charge is -2.35. The summed E-state index contributed by atoms with van der Waals surface area (Å²) < 4.78 is 0. The molecule has 0 amide bonds. The van der Waals surface area contributed by atoms with Gasteiger partial charge in [-0.3, -0.25) is 9.88 Å². The van der Waals surface area contributed by atoms with Gasteiger partial charge in [-0.1, -0.05) is 6.07 Å². The maximum absolute atomic E-state index is 9.16. The molecule has 21 heavy (non-hydrogen) atoms. The average Bonchev–Trinajstić information content (AvgIpc) is 2.56. The molecule has 0 atom stereocenters. The molecule has 0 radical (unpaired) electrons. The zero-order valence-electron chi connectivity index (χ0n) is 11.8. The van der Waals surface area contributed by atoms with Crippen molar-refractivity contribution in [2.45, 2.75) is 6.54 Å². The first-order valence-corrected chi connectivity index (χ1v) is 7.09. The van der Waals surface area contributed by atoms with Gasteiger partial charge >= 0.3 is 0 Å². The second-order valence-electron chi connectivity index (χ2n) is 5.07. The summed E-state index contributed by atoms with van der Waals surface area (Å²) >= 11 is 0. The zero-order valence-corrected chi connectivity index (χ0v) is 11.8. The predicted molar refractivity (Wildman–Crippen MR) is 80.7 cm³/mol. The molecule has 0 saturated carbocycles. The molecule has 0 aromatic carbocycles. The molecule has 1 aliphatic rings. The highest BCUT2D eigenvalue weighted by Crippen LogP contribution is 2.18. The molecule has 1 saturated heterocycles. The van der Waals surface area contributed by atoms with Gasteiger partial charge in [-0.05, 0) is 24.3 Å². The van der Waals surface area contributed by atoms with Crippen LogP contribution in [0.5, 0.6) is 0 Å². The number of aromatic nitrogens is 2. The fourth-order valence-corrected chi connectivity index (χ4v) is 2.57. The third kappa shape index (κ3) is 3.18. The van der Waals surface area contributed by atoms with Gasteiger partial charge in [0.2, 0.25) is 0 Å². The molecule has 0 spiro atoms. The second kappa shape index (κ2) is 6.33. The van der Waals surface area contributed by atoms with E-state index in [-0.39, 0.29) is 0 Å². The van der Waals surface area contributed by atoms with Crippen molar-refractivity contribution in [2.24, 2.45) is 0 Å². The minimum absolute atomic E-state index is 0.649. The molecule has 0 bridgehead atoms. The summed E-state index contributed by atoms with van der Waals surface area (Å²) in [6.45, 7) is 4.56. The van der Waals surface area contributed by atoms with Crippen LogP contribution in [0.1, 0.15) is 11.3 Å². The van der Waals surface area contributed by atoms with Gasteiger partial charge in [0, 0.05) is 45.1 Å². The largest absolute Gasteiger partial charge is 0.353 e. The monoisotopic (exact) mass is 279 g/mol. The Balaban J connectivity index is 1.62. The van der Waals surface area contributed by atoms with E-state index in [0.29, 0.717) is 5.56 Å². The van der Waals surface area contributed by atoms with Crippen molar-refractivity contribution in [2.75, 3.05) is 31.1 Å². The fourth-order valence-electron chi connectivity index (χ4n) is 2.57. The molecule has 3 rings (SSSR count). The molecule has 0 unspecified atom stereocenters. The van der Waals surface area contributed by atoms with Crippen LogP contribution in [-0.2, 0) is 6.54 Å². The molecule has 0 aliphatic carbocycles. The van der Waals surface area contributed by atoms with E-state index in [4.69, 9.17) is 5.26 Å². The topological polar surface area (TPSA) is 56.1 Å². The van der Waals surface area contributed by atoms with Crippen molar-refractivity contribution < 1.29 is 0 Å². The summed E-state index contributed by atoms with van der Waals surface area (Å²) in [4.78, 5) is 13.3. The Kier molecular flexibility index (Phi) is 4.08. The van der Waals surface area contributed by atoms with E-state index in [9.17, 15) is 0 Å². The smallest absolute Gasteiger partial charge is 0.146 e. The molecule has 1 fully saturated rings. The summed E-state index contributed by atoms with van der Waals surface area (Å²) in [5.41, 5.74) is 1.75. The molecule has 3 heterocycles. The lowest BCUT2D eigenvalue weighted by atomic mass is 10.2. The van der Waals surface area contributed by atoms with E-state index in [1.54, 1.807) is 12.3 Å². The summed E-state index contributed by atoms with van der Waals surface area (Å²) in [5.74, 6) is 0.803. The molecule has 106 valence electrons. The molecule has 0 N–H and O–H groups in total. The number of hydrogen-bond donors (Lipinski definition) is 0. The summed E-state index contributed by atoms with van der Waals surface area (Å²) in [6, 6.07) is 11.9. The summed E-state index contributed by atoms with van der Waals surface area (Å²) in [6.07, 6.45) is 3.58. The Hall–Kier alpha value is -2.45. The molecule has 5 heteroatoms. The Morgan fingerprint density at radius 2 is 1.81 bits per heavy atom. The van der Waals surface area contributed by atoms with Gasteiger partial charge in [-0.15, -0.1) is 0 Å². The second-order valence-corrected chi connectivity index (χ2v) is 5.07. The molecule has 1 aliphatic heterocycles. The Labute approximate surface area is 124 Å². The Bertz CT molecular complexity index is 627. The molecule has 2 aromatic heterocycles. The van der Waals surface area contributed by atoms with Crippen LogP contribution in [0.2, 0.25) is 0 Å². The standard InChI is InChI=1S/C16H17N5/c17-12-14-4-3-7-19-16(14)21-10-8-20(9-11-21)13-15-5-1-2-6-18-15/h1-7H,8-11,13H2. The first-order valence-electron chi connectivity index (χ1n) is 7.09. The van der Waals surface area contributed by atoms with Crippen molar-refractivity contribution in [1.82, 2.24) is 14.9 Å². The third-order valence-electron chi connectivity index (χ3n) is 3.69. The van der Waals surface area contributed by atoms with E-state index >= 15 is 0 Å². The van der Waals surface area contributed by atoms with Gasteiger partial charge in [-0.2, -0.15) is 5.26 Å². The number of hydrogen-bond acceptors (Lipinski definition) is 5. The minimum Gasteiger partial charge on any atom is -0.353 e. The van der Waals surface area contributed by atoms with Crippen LogP contribution in [0, 0.1) is 11.3 Å². The Morgan fingerprint density at radius 3 is 2.52 bits per heavy atom. The summed E-state index contributed by atoms with van der Waals surface area (Å²) in [5, 5.41) is 9.16. The maximum Gasteiger partial charge on any atom is 0.146 e. The molecular formula is C16H17N5. The van der Waals surface area contributed by atoms with Crippen molar-refractivity contribution in [1.29, 1.82) is 5.26 Å². The highest BCUT2D eigenvalue weighted by Gasteiger charge is 2.20. The third-order valence-corrected chi connectivity index (χ3v) is 3.69. The van der Waals surface area contributed by atoms with Crippen molar-refractivity contribution in [3.8, 4) is 6.07 Å². The highest BCUT2D eigenvalue weighted by atomic mass is 15.3. The average molecular weight is 279 g/mol. The van der Waals surface area contributed by atoms with E-state index in [1.807, 2.05) is 24.4 Å². The fraction of sp³-hybridized carbons (Fsp3) is 0.312. The van der Waals surface area contributed by atoms with Gasteiger partial charge < -0.3 is 4.90 Å². The van der Waals surface area contributed by atoms with Crippen molar-refractivity contribution >= 4 is 5.82 Å². The van der Waals surface area contributed by atoms with Crippen molar-refractivity contribution in [3.05, 3.63) is 54.0 Å². The SMILES string of the molecule is N#Cc1cccnc1N1CCN(Cc2ccccn2)CC1. The lowest BCUT2D eigenvalue weighted by Crippen LogP contribution is -2.46. The van der Waals surface area contributed by atoms with Crippen molar-refractivity contribution in [3.63, 3.8) is 0 Å². The first kappa shape index (κ1) is 13.5. The zero-order chi connectivity index (χ0) is 14.5. The maximum atomic E-state index is 9.16. The van der Waals surface area contributed by atoms with Crippen LogP contribution in [0.3, 0.4) is 0 Å². The van der Waals surface area contributed by atoms with Crippen LogP contribution >= 0.6 is 0 Å². The number of anilines is 1. The van der Waals surface area contributed by atoms with Crippen LogP contribution in [0.25, 0.3) is 0 Å². The first-order chi connectivity index (χ1) is 10.4. The number of nitrogens with zero attached hydrogens (tertiary/aromatic N) is 5. The van der Waals surface area contributed by atoms with Gasteiger partial charge in [-0.25, -0.2) is 4.98 Å². The quantitative estimate of drug-likeness (QED) is 0.855. The van der Waals surface area contributed by atoms with Gasteiger partial charge in [0.05, 0.1) is 11.3 Å². The van der Waals surface area contributed by atoms with Crippen LogP contribution in [-0.4, -0.2) is 41.0 Å². The number of nitriles is 1. The molecule has 2 aromatic rings. The predicted octanol–water partition coefficient (Wildman–Crippen LogP) is 1.67. The van der Waals surface area contributed by atoms with Gasteiger partial charge in [0.15, 0.2) is 0 Å². The minimum atomic E-state index is 0.649. The summed E-state index contributed by atoms with van der Waals surface area (Å²) in [7, 11) is 0. The van der Waals surface area contributed by atoms with E-state index in [1.165, 1.54) is 0 Å². The number of pyridine rings is 2. The van der Waals surface area contributed by atoms with Crippen LogP contribution in [0.15, 0.2) is 42.7 Å². The Morgan fingerprint density at radius 1 is 1.00 bits per heavy atom. The number of piperazine rings is 1. The van der Waals surface area contributed by atoms with Crippen LogP contribution < -0.4 is 4.90 Å². The van der Waals surface area contributed by atoms with Gasteiger partial charge in [0.25, 0.3) is 0 Å². The van der Waals surface area contributed by atoms with Crippen LogP contribution in [0.4, 0.5) is 5.82 Å². The molecule has 5 nitrogen and oxygen atoms in total. The van der Waals surface area contributed by atoms with E-state index in [2.05, 4.69) is 31.9 Å². The highest BCUT2D eigenvalue weighted by molar-refractivity contribution is 5.53. The number of rotatable bonds is 3. The van der Waals surface area contributed by atoms with Gasteiger partial charge in [0.1, 0.15) is 11.9 Å². The molecular weight excluding hydrogens is 262 g/mol. The lowest BCUT2D eigenvalue weighted by molar-refractivity contribution is 0.246.